The zero-order chi connectivity index (χ0) is 20.9. The topological polar surface area (TPSA) is 101 Å². The van der Waals surface area contributed by atoms with Crippen LogP contribution in [-0.2, 0) is 26.0 Å². The van der Waals surface area contributed by atoms with Gasteiger partial charge in [-0.3, -0.25) is 4.79 Å². The lowest BCUT2D eigenvalue weighted by molar-refractivity contribution is -0.120. The molecule has 2 rings (SSSR count). The SMILES string of the molecule is CSc1nc(C)c(CCC(=O)NCCS(=O)(=O)N2C[C@@H](C)O[C@@H](C)C2)c(C)n1. The zero-order valence-electron chi connectivity index (χ0n) is 17.2. The molecule has 0 spiro atoms. The van der Waals surface area contributed by atoms with Crippen LogP contribution < -0.4 is 5.32 Å². The molecule has 0 saturated carbocycles. The molecule has 1 amide bonds. The Balaban J connectivity index is 1.81. The second-order valence-electron chi connectivity index (χ2n) is 7.10. The molecule has 2 atom stereocenters. The summed E-state index contributed by atoms with van der Waals surface area (Å²) in [4.78, 5) is 21.0. The van der Waals surface area contributed by atoms with E-state index < -0.39 is 10.0 Å². The van der Waals surface area contributed by atoms with Gasteiger partial charge in [0.1, 0.15) is 0 Å². The molecular formula is C18H30N4O4S2. The number of rotatable bonds is 8. The van der Waals surface area contributed by atoms with Gasteiger partial charge in [-0.05, 0) is 45.9 Å². The maximum absolute atomic E-state index is 12.5. The van der Waals surface area contributed by atoms with Gasteiger partial charge in [0.05, 0.1) is 18.0 Å². The quantitative estimate of drug-likeness (QED) is 0.490. The number of ether oxygens (including phenoxy) is 1. The average molecular weight is 431 g/mol. The van der Waals surface area contributed by atoms with Crippen LogP contribution in [0.4, 0.5) is 0 Å². The van der Waals surface area contributed by atoms with Crippen LogP contribution in [0.5, 0.6) is 0 Å². The van der Waals surface area contributed by atoms with Gasteiger partial charge in [0.15, 0.2) is 5.16 Å². The Morgan fingerprint density at radius 3 is 2.32 bits per heavy atom. The number of carbonyl (C=O) groups excluding carboxylic acids is 1. The van der Waals surface area contributed by atoms with Crippen molar-refractivity contribution in [3.05, 3.63) is 17.0 Å². The molecule has 0 bridgehead atoms. The first kappa shape index (κ1) is 23.1. The van der Waals surface area contributed by atoms with Crippen molar-refractivity contribution in [3.8, 4) is 0 Å². The molecule has 1 aliphatic heterocycles. The molecule has 1 N–H and O–H groups in total. The second-order valence-corrected chi connectivity index (χ2v) is 9.96. The number of morpholine rings is 1. The number of hydrogen-bond acceptors (Lipinski definition) is 7. The third-order valence-electron chi connectivity index (χ3n) is 4.65. The predicted molar refractivity (Wildman–Crippen MR) is 110 cm³/mol. The number of thioether (sulfide) groups is 1. The normalized spacial score (nSPS) is 20.9. The Labute approximate surface area is 171 Å². The number of nitrogens with one attached hydrogen (secondary N) is 1. The summed E-state index contributed by atoms with van der Waals surface area (Å²) in [5.41, 5.74) is 2.72. The summed E-state index contributed by atoms with van der Waals surface area (Å²) in [6.45, 7) is 8.35. The molecule has 1 aromatic rings. The van der Waals surface area contributed by atoms with Gasteiger partial charge in [-0.1, -0.05) is 11.8 Å². The van der Waals surface area contributed by atoms with Crippen molar-refractivity contribution in [1.29, 1.82) is 0 Å². The Morgan fingerprint density at radius 2 is 1.79 bits per heavy atom. The van der Waals surface area contributed by atoms with Crippen LogP contribution in [0.1, 0.15) is 37.2 Å². The fourth-order valence-electron chi connectivity index (χ4n) is 3.30. The van der Waals surface area contributed by atoms with E-state index in [1.807, 2.05) is 34.0 Å². The highest BCUT2D eigenvalue weighted by molar-refractivity contribution is 7.98. The summed E-state index contributed by atoms with van der Waals surface area (Å²) >= 11 is 1.49. The van der Waals surface area contributed by atoms with Gasteiger partial charge in [-0.2, -0.15) is 4.31 Å². The van der Waals surface area contributed by atoms with E-state index in [-0.39, 0.29) is 36.8 Å². The minimum atomic E-state index is -3.42. The maximum Gasteiger partial charge on any atom is 0.220 e. The summed E-state index contributed by atoms with van der Waals surface area (Å²) in [7, 11) is -3.42. The van der Waals surface area contributed by atoms with Gasteiger partial charge in [-0.15, -0.1) is 0 Å². The van der Waals surface area contributed by atoms with Crippen LogP contribution in [-0.4, -0.2) is 72.4 Å². The van der Waals surface area contributed by atoms with E-state index in [0.29, 0.717) is 19.5 Å². The van der Waals surface area contributed by atoms with Crippen molar-refractivity contribution in [3.63, 3.8) is 0 Å². The van der Waals surface area contributed by atoms with Crippen molar-refractivity contribution in [2.45, 2.75) is 57.9 Å². The highest BCUT2D eigenvalue weighted by Crippen LogP contribution is 2.17. The smallest absolute Gasteiger partial charge is 0.220 e. The summed E-state index contributed by atoms with van der Waals surface area (Å²) in [6, 6.07) is 0. The molecule has 10 heteroatoms. The second kappa shape index (κ2) is 10.00. The van der Waals surface area contributed by atoms with Crippen molar-refractivity contribution >= 4 is 27.7 Å². The third kappa shape index (κ3) is 6.40. The Kier molecular flexibility index (Phi) is 8.23. The molecule has 28 heavy (non-hydrogen) atoms. The number of nitrogens with zero attached hydrogens (tertiary/aromatic N) is 3. The van der Waals surface area contributed by atoms with E-state index in [2.05, 4.69) is 15.3 Å². The summed E-state index contributed by atoms with van der Waals surface area (Å²) < 4.78 is 32.0. The predicted octanol–water partition coefficient (Wildman–Crippen LogP) is 1.30. The number of aryl methyl sites for hydroxylation is 2. The monoisotopic (exact) mass is 430 g/mol. The average Bonchev–Trinajstić information content (AvgIpc) is 2.59. The van der Waals surface area contributed by atoms with Gasteiger partial charge < -0.3 is 10.1 Å². The number of amides is 1. The summed E-state index contributed by atoms with van der Waals surface area (Å²) in [6.07, 6.45) is 2.48. The fourth-order valence-corrected chi connectivity index (χ4v) is 5.24. The van der Waals surface area contributed by atoms with Crippen LogP contribution in [0.3, 0.4) is 0 Å². The summed E-state index contributed by atoms with van der Waals surface area (Å²) in [5, 5.41) is 3.43. The molecule has 1 aliphatic rings. The van der Waals surface area contributed by atoms with Crippen LogP contribution in [0.25, 0.3) is 0 Å². The summed E-state index contributed by atoms with van der Waals surface area (Å²) in [5.74, 6) is -0.284. The molecule has 158 valence electrons. The minimum Gasteiger partial charge on any atom is -0.373 e. The van der Waals surface area contributed by atoms with Crippen LogP contribution in [0.2, 0.25) is 0 Å². The van der Waals surface area contributed by atoms with Gasteiger partial charge in [0.25, 0.3) is 0 Å². The van der Waals surface area contributed by atoms with Crippen molar-refractivity contribution in [2.24, 2.45) is 0 Å². The van der Waals surface area contributed by atoms with Crippen LogP contribution in [0.15, 0.2) is 5.16 Å². The van der Waals surface area contributed by atoms with Gasteiger partial charge >= 0.3 is 0 Å². The lowest BCUT2D eigenvalue weighted by Crippen LogP contribution is -2.49. The largest absolute Gasteiger partial charge is 0.373 e. The van der Waals surface area contributed by atoms with E-state index in [0.717, 1.165) is 22.1 Å². The molecule has 1 aromatic heterocycles. The first-order valence-electron chi connectivity index (χ1n) is 9.40. The highest BCUT2D eigenvalue weighted by atomic mass is 32.2. The lowest BCUT2D eigenvalue weighted by Gasteiger charge is -2.34. The highest BCUT2D eigenvalue weighted by Gasteiger charge is 2.30. The third-order valence-corrected chi connectivity index (χ3v) is 7.00. The number of aromatic nitrogens is 2. The van der Waals surface area contributed by atoms with E-state index >= 15 is 0 Å². The van der Waals surface area contributed by atoms with Gasteiger partial charge in [-0.25, -0.2) is 18.4 Å². The van der Waals surface area contributed by atoms with Crippen LogP contribution >= 0.6 is 11.8 Å². The van der Waals surface area contributed by atoms with Crippen LogP contribution in [0, 0.1) is 13.8 Å². The Morgan fingerprint density at radius 1 is 1.21 bits per heavy atom. The van der Waals surface area contributed by atoms with Gasteiger partial charge in [0.2, 0.25) is 15.9 Å². The number of sulfonamides is 1. The molecule has 0 unspecified atom stereocenters. The first-order chi connectivity index (χ1) is 13.1. The molecule has 1 fully saturated rings. The Hall–Kier alpha value is -1.23. The fraction of sp³-hybridized carbons (Fsp3) is 0.722. The number of carbonyl (C=O) groups is 1. The van der Waals surface area contributed by atoms with E-state index in [1.165, 1.54) is 16.1 Å². The van der Waals surface area contributed by atoms with E-state index in [4.69, 9.17) is 4.74 Å². The van der Waals surface area contributed by atoms with E-state index in [1.54, 1.807) is 0 Å². The van der Waals surface area contributed by atoms with Crippen molar-refractivity contribution in [2.75, 3.05) is 31.6 Å². The molecule has 2 heterocycles. The molecule has 0 aromatic carbocycles. The molecule has 1 saturated heterocycles. The number of hydrogen-bond donors (Lipinski definition) is 1. The first-order valence-corrected chi connectivity index (χ1v) is 12.2. The van der Waals surface area contributed by atoms with Gasteiger partial charge in [0, 0.05) is 37.4 Å². The maximum atomic E-state index is 12.5. The molecule has 0 aliphatic carbocycles. The lowest BCUT2D eigenvalue weighted by atomic mass is 10.1. The zero-order valence-corrected chi connectivity index (χ0v) is 18.8. The molecule has 8 nitrogen and oxygen atoms in total. The molecule has 0 radical (unpaired) electrons. The standard InChI is InChI=1S/C18H30N4O4S2/c1-12-10-22(11-13(2)26-12)28(24,25)9-8-19-17(23)7-6-16-14(3)20-18(27-5)21-15(16)4/h12-13H,6-11H2,1-5H3,(H,19,23)/t12-,13+. The minimum absolute atomic E-state index is 0.0984. The molecular weight excluding hydrogens is 400 g/mol. The van der Waals surface area contributed by atoms with E-state index in [9.17, 15) is 13.2 Å². The Bertz CT molecular complexity index is 768. The van der Waals surface area contributed by atoms with Crippen molar-refractivity contribution in [1.82, 2.24) is 19.6 Å². The van der Waals surface area contributed by atoms with Crippen molar-refractivity contribution < 1.29 is 17.9 Å².